The second-order valence-corrected chi connectivity index (χ2v) is 2.75. The highest BCUT2D eigenvalue weighted by Gasteiger charge is 1.98. The third-order valence-corrected chi connectivity index (χ3v) is 1.93. The lowest BCUT2D eigenvalue weighted by Crippen LogP contribution is -2.07. The van der Waals surface area contributed by atoms with Crippen LogP contribution < -0.4 is 11.3 Å². The molecule has 0 radical (unpaired) electrons. The van der Waals surface area contributed by atoms with Crippen LogP contribution in [0.3, 0.4) is 0 Å². The van der Waals surface area contributed by atoms with Crippen molar-refractivity contribution in [3.05, 3.63) is 46.9 Å². The lowest BCUT2D eigenvalue weighted by atomic mass is 10.2. The van der Waals surface area contributed by atoms with Crippen LogP contribution in [0.15, 0.2) is 41.3 Å². The molecule has 0 spiro atoms. The predicted octanol–water partition coefficient (Wildman–Crippen LogP) is 1.18. The second kappa shape index (κ2) is 2.86. The van der Waals surface area contributed by atoms with E-state index in [4.69, 9.17) is 5.73 Å². The van der Waals surface area contributed by atoms with Gasteiger partial charge in [-0.05, 0) is 11.5 Å². The number of aromatic nitrogens is 1. The van der Waals surface area contributed by atoms with Crippen LogP contribution in [0.4, 0.5) is 5.69 Å². The highest BCUT2D eigenvalue weighted by atomic mass is 16.1. The smallest absolute Gasteiger partial charge is 0.293 e. The molecule has 0 aliphatic carbocycles. The lowest BCUT2D eigenvalue weighted by Gasteiger charge is -1.92. The second-order valence-electron chi connectivity index (χ2n) is 2.75. The summed E-state index contributed by atoms with van der Waals surface area (Å²) in [5, 5.41) is 1.68. The maximum absolute atomic E-state index is 11.2. The molecule has 0 amide bonds. The number of fused-ring (bicyclic) bond motifs is 1. The number of nitrogen functional groups attached to an aromatic ring is 1. The van der Waals surface area contributed by atoms with Gasteiger partial charge in [0.05, 0.1) is 0 Å². The van der Waals surface area contributed by atoms with E-state index in [1.54, 1.807) is 6.07 Å². The van der Waals surface area contributed by atoms with E-state index < -0.39 is 0 Å². The van der Waals surface area contributed by atoms with Gasteiger partial charge in [0, 0.05) is 11.6 Å². The Bertz CT molecular complexity index is 508. The van der Waals surface area contributed by atoms with Gasteiger partial charge in [0.2, 0.25) is 0 Å². The van der Waals surface area contributed by atoms with Crippen LogP contribution in [0.5, 0.6) is 0 Å². The molecule has 3 nitrogen and oxygen atoms in total. The monoisotopic (exact) mass is 172 g/mol. The number of hydrogen-bond donors (Lipinski definition) is 1. The fraction of sp³-hybridized carbons (Fsp3) is 0. The van der Waals surface area contributed by atoms with Crippen molar-refractivity contribution >= 4 is 16.5 Å². The van der Waals surface area contributed by atoms with Gasteiger partial charge in [0.1, 0.15) is 5.69 Å². The normalized spacial score (nSPS) is 10.2. The molecule has 1 aromatic carbocycles. The average Bonchev–Trinajstić information content (AvgIpc) is 2.29. The van der Waals surface area contributed by atoms with Gasteiger partial charge in [-0.25, -0.2) is 4.98 Å². The van der Waals surface area contributed by atoms with Crippen molar-refractivity contribution < 1.29 is 0 Å². The molecule has 2 N–H and O–H groups in total. The molecule has 0 bridgehead atoms. The molecule has 1 heterocycles. The zero-order chi connectivity index (χ0) is 9.26. The van der Waals surface area contributed by atoms with Gasteiger partial charge in [-0.15, -0.1) is 0 Å². The van der Waals surface area contributed by atoms with E-state index in [0.29, 0.717) is 0 Å². The Labute approximate surface area is 74.8 Å². The molecule has 0 fully saturated rings. The minimum atomic E-state index is -0.374. The van der Waals surface area contributed by atoms with Crippen molar-refractivity contribution in [2.75, 3.05) is 5.73 Å². The van der Waals surface area contributed by atoms with Crippen LogP contribution in [0.25, 0.3) is 10.8 Å². The summed E-state index contributed by atoms with van der Waals surface area (Å²) in [6, 6.07) is 9.22. The van der Waals surface area contributed by atoms with Crippen molar-refractivity contribution in [1.29, 1.82) is 0 Å². The lowest BCUT2D eigenvalue weighted by molar-refractivity contribution is 1.28. The molecular weight excluding hydrogens is 164 g/mol. The molecule has 0 aliphatic heterocycles. The first-order valence-corrected chi connectivity index (χ1v) is 3.92. The first-order valence-electron chi connectivity index (χ1n) is 3.92. The zero-order valence-electron chi connectivity index (χ0n) is 6.90. The van der Waals surface area contributed by atoms with E-state index in [-0.39, 0.29) is 11.2 Å². The number of anilines is 1. The Kier molecular flexibility index (Phi) is 1.70. The SMILES string of the molecule is Nc1c(=O)nccc2ccccc12. The number of rotatable bonds is 0. The van der Waals surface area contributed by atoms with E-state index >= 15 is 0 Å². The van der Waals surface area contributed by atoms with E-state index in [1.807, 2.05) is 24.3 Å². The minimum Gasteiger partial charge on any atom is -0.394 e. The Balaban J connectivity index is 3.06. The molecule has 3 heteroatoms. The number of benzene rings is 1. The summed E-state index contributed by atoms with van der Waals surface area (Å²) in [5.74, 6) is 0. The largest absolute Gasteiger partial charge is 0.394 e. The van der Waals surface area contributed by atoms with E-state index in [2.05, 4.69) is 4.98 Å². The number of nitrogens with two attached hydrogens (primary N) is 1. The summed E-state index contributed by atoms with van der Waals surface area (Å²) in [6.45, 7) is 0. The molecule has 13 heavy (non-hydrogen) atoms. The van der Waals surface area contributed by atoms with E-state index in [0.717, 1.165) is 10.8 Å². The Morgan fingerprint density at radius 3 is 2.77 bits per heavy atom. The molecule has 1 aromatic heterocycles. The van der Waals surface area contributed by atoms with Crippen LogP contribution in [0.2, 0.25) is 0 Å². The summed E-state index contributed by atoms with van der Waals surface area (Å²) in [4.78, 5) is 14.8. The maximum atomic E-state index is 11.2. The molecule has 0 saturated heterocycles. The van der Waals surface area contributed by atoms with Crippen molar-refractivity contribution in [3.8, 4) is 0 Å². The van der Waals surface area contributed by atoms with Crippen molar-refractivity contribution in [2.45, 2.75) is 0 Å². The van der Waals surface area contributed by atoms with Crippen LogP contribution >= 0.6 is 0 Å². The number of nitrogens with zero attached hydrogens (tertiary/aromatic N) is 1. The maximum Gasteiger partial charge on any atom is 0.293 e. The van der Waals surface area contributed by atoms with Gasteiger partial charge in [0.25, 0.3) is 5.56 Å². The van der Waals surface area contributed by atoms with Gasteiger partial charge in [-0.3, -0.25) is 4.79 Å². The topological polar surface area (TPSA) is 56.0 Å². The third-order valence-electron chi connectivity index (χ3n) is 1.93. The van der Waals surface area contributed by atoms with Crippen molar-refractivity contribution in [1.82, 2.24) is 4.98 Å². The summed E-state index contributed by atoms with van der Waals surface area (Å²) >= 11 is 0. The van der Waals surface area contributed by atoms with Crippen molar-refractivity contribution in [3.63, 3.8) is 0 Å². The number of hydrogen-bond acceptors (Lipinski definition) is 3. The van der Waals surface area contributed by atoms with Gasteiger partial charge in [-0.1, -0.05) is 24.3 Å². The summed E-state index contributed by atoms with van der Waals surface area (Å²) in [7, 11) is 0. The Morgan fingerprint density at radius 1 is 1.15 bits per heavy atom. The van der Waals surface area contributed by atoms with Gasteiger partial charge in [0.15, 0.2) is 0 Å². The third kappa shape index (κ3) is 1.24. The van der Waals surface area contributed by atoms with E-state index in [9.17, 15) is 4.79 Å². The average molecular weight is 172 g/mol. The Hall–Kier alpha value is -1.90. The quantitative estimate of drug-likeness (QED) is 0.649. The summed E-state index contributed by atoms with van der Waals surface area (Å²) in [5.41, 5.74) is 5.46. The van der Waals surface area contributed by atoms with Gasteiger partial charge >= 0.3 is 0 Å². The molecule has 2 aromatic rings. The van der Waals surface area contributed by atoms with Crippen molar-refractivity contribution in [2.24, 2.45) is 0 Å². The molecule has 2 rings (SSSR count). The van der Waals surface area contributed by atoms with Gasteiger partial charge in [-0.2, -0.15) is 0 Å². The van der Waals surface area contributed by atoms with Crippen LogP contribution in [-0.2, 0) is 0 Å². The highest BCUT2D eigenvalue weighted by Crippen LogP contribution is 2.14. The molecule has 64 valence electrons. The summed E-state index contributed by atoms with van der Waals surface area (Å²) in [6.07, 6.45) is 1.47. The first kappa shape index (κ1) is 7.73. The Morgan fingerprint density at radius 2 is 1.92 bits per heavy atom. The zero-order valence-corrected chi connectivity index (χ0v) is 6.90. The minimum absolute atomic E-state index is 0.209. The van der Waals surface area contributed by atoms with Crippen LogP contribution in [0, 0.1) is 0 Å². The molecule has 0 aliphatic rings. The van der Waals surface area contributed by atoms with E-state index in [1.165, 1.54) is 6.20 Å². The fourth-order valence-electron chi connectivity index (χ4n) is 1.26. The molecule has 0 unspecified atom stereocenters. The molecular formula is C10H8N2O. The first-order chi connectivity index (χ1) is 6.29. The van der Waals surface area contributed by atoms with Crippen LogP contribution in [0.1, 0.15) is 0 Å². The fourth-order valence-corrected chi connectivity index (χ4v) is 1.26. The molecule has 0 atom stereocenters. The van der Waals surface area contributed by atoms with Crippen LogP contribution in [-0.4, -0.2) is 4.98 Å². The predicted molar refractivity (Wildman–Crippen MR) is 52.4 cm³/mol. The standard InChI is InChI=1S/C10H8N2O/c11-9-8-4-2-1-3-7(8)5-6-12-10(9)13/h1-6H,(H2,11,12,13). The molecule has 0 saturated carbocycles. The summed E-state index contributed by atoms with van der Waals surface area (Å²) < 4.78 is 0. The van der Waals surface area contributed by atoms with Gasteiger partial charge < -0.3 is 5.73 Å². The highest BCUT2D eigenvalue weighted by molar-refractivity contribution is 5.91.